The number of alkyl halides is 3. The van der Waals surface area contributed by atoms with Gasteiger partial charge in [-0.3, -0.25) is 0 Å². The van der Waals surface area contributed by atoms with Crippen molar-refractivity contribution >= 4 is 74.9 Å². The highest BCUT2D eigenvalue weighted by molar-refractivity contribution is 14.1. The van der Waals surface area contributed by atoms with Crippen LogP contribution in [0.3, 0.4) is 0 Å². The minimum absolute atomic E-state index is 0.0442. The van der Waals surface area contributed by atoms with E-state index in [4.69, 9.17) is 4.74 Å². The van der Waals surface area contributed by atoms with Crippen molar-refractivity contribution in [2.24, 2.45) is 5.10 Å². The Labute approximate surface area is 208 Å². The zero-order chi connectivity index (χ0) is 23.3. The quantitative estimate of drug-likeness (QED) is 0.178. The van der Waals surface area contributed by atoms with Gasteiger partial charge in [-0.15, -0.1) is 0 Å². The number of rotatable bonds is 7. The monoisotopic (exact) mass is 669 g/mol. The topological polar surface area (TPSA) is 96.4 Å². The lowest BCUT2D eigenvalue weighted by atomic mass is 10.2. The van der Waals surface area contributed by atoms with E-state index in [1.54, 1.807) is 20.4 Å². The smallest absolute Gasteiger partial charge is 0.416 e. The van der Waals surface area contributed by atoms with E-state index in [9.17, 15) is 13.2 Å². The highest BCUT2D eigenvalue weighted by Gasteiger charge is 2.30. The number of benzene rings is 2. The molecule has 0 saturated heterocycles. The molecule has 32 heavy (non-hydrogen) atoms. The van der Waals surface area contributed by atoms with Crippen LogP contribution in [0, 0.1) is 7.14 Å². The second-order valence-electron chi connectivity index (χ2n) is 6.14. The summed E-state index contributed by atoms with van der Waals surface area (Å²) in [6.07, 6.45) is -2.89. The van der Waals surface area contributed by atoms with Crippen LogP contribution in [0.15, 0.2) is 41.5 Å². The van der Waals surface area contributed by atoms with Crippen molar-refractivity contribution in [3.63, 3.8) is 0 Å². The summed E-state index contributed by atoms with van der Waals surface area (Å²) in [5.41, 5.74) is 2.86. The number of hydrazone groups is 1. The van der Waals surface area contributed by atoms with Crippen molar-refractivity contribution in [3.05, 3.63) is 54.7 Å². The fourth-order valence-electron chi connectivity index (χ4n) is 2.55. The predicted octanol–water partition coefficient (Wildman–Crippen LogP) is 5.34. The van der Waals surface area contributed by atoms with E-state index in [-0.39, 0.29) is 23.5 Å². The van der Waals surface area contributed by atoms with Gasteiger partial charge in [0.1, 0.15) is 5.75 Å². The van der Waals surface area contributed by atoms with Crippen molar-refractivity contribution in [3.8, 4) is 5.75 Å². The number of nitrogens with one attached hydrogen (secondary N) is 3. The third-order valence-corrected chi connectivity index (χ3v) is 5.34. The number of halogens is 5. The highest BCUT2D eigenvalue weighted by atomic mass is 127. The molecule has 0 fully saturated rings. The van der Waals surface area contributed by atoms with Crippen molar-refractivity contribution < 1.29 is 17.9 Å². The first-order valence-corrected chi connectivity index (χ1v) is 11.1. The van der Waals surface area contributed by atoms with Gasteiger partial charge >= 0.3 is 6.18 Å². The summed E-state index contributed by atoms with van der Waals surface area (Å²) in [5, 5.41) is 9.69. The molecular weight excluding hydrogens is 653 g/mol. The van der Waals surface area contributed by atoms with Gasteiger partial charge in [0.15, 0.2) is 0 Å². The second-order valence-corrected chi connectivity index (χ2v) is 8.55. The van der Waals surface area contributed by atoms with Gasteiger partial charge in [-0.25, -0.2) is 5.43 Å². The Bertz CT molecular complexity index is 1140. The maximum Gasteiger partial charge on any atom is 0.416 e. The zero-order valence-corrected chi connectivity index (χ0v) is 20.9. The number of methoxy groups -OCH3 is 1. The molecule has 1 heterocycles. The van der Waals surface area contributed by atoms with Crippen molar-refractivity contribution in [1.29, 1.82) is 0 Å². The van der Waals surface area contributed by atoms with E-state index in [1.165, 1.54) is 12.1 Å². The Kier molecular flexibility index (Phi) is 7.91. The Balaban J connectivity index is 1.83. The summed E-state index contributed by atoms with van der Waals surface area (Å²) >= 11 is 4.37. The van der Waals surface area contributed by atoms with Gasteiger partial charge in [0.25, 0.3) is 0 Å². The van der Waals surface area contributed by atoms with E-state index in [2.05, 4.69) is 81.3 Å². The first-order valence-electron chi connectivity index (χ1n) is 8.90. The summed E-state index contributed by atoms with van der Waals surface area (Å²) in [6.45, 7) is 0. The standard InChI is InChI=1S/C19H16F3I2N7O/c1-25-16-28-17(27-13-5-3-4-11(7-13)19(20,21)22)30-18(29-16)31-26-9-10-6-12(23)8-14(24)15(10)32-2/h3-9H,1-2H3,(H3,25,27,28,29,30,31)/b26-9+. The first kappa shape index (κ1) is 24.2. The van der Waals surface area contributed by atoms with Crippen LogP contribution in [0.4, 0.5) is 36.7 Å². The van der Waals surface area contributed by atoms with Crippen LogP contribution >= 0.6 is 45.2 Å². The lowest BCUT2D eigenvalue weighted by molar-refractivity contribution is -0.137. The van der Waals surface area contributed by atoms with Crippen LogP contribution in [0.5, 0.6) is 5.75 Å². The molecule has 2 aromatic carbocycles. The van der Waals surface area contributed by atoms with Crippen LogP contribution in [-0.4, -0.2) is 35.3 Å². The number of aromatic nitrogens is 3. The van der Waals surface area contributed by atoms with Gasteiger partial charge in [-0.05, 0) is 75.5 Å². The normalized spacial score (nSPS) is 11.5. The van der Waals surface area contributed by atoms with E-state index in [1.807, 2.05) is 12.1 Å². The molecule has 0 bridgehead atoms. The minimum Gasteiger partial charge on any atom is -0.495 e. The summed E-state index contributed by atoms with van der Waals surface area (Å²) in [5.74, 6) is 1.01. The molecule has 3 aromatic rings. The fourth-order valence-corrected chi connectivity index (χ4v) is 4.66. The summed E-state index contributed by atoms with van der Waals surface area (Å²) < 4.78 is 46.2. The molecule has 3 rings (SSSR count). The van der Waals surface area contributed by atoms with E-state index < -0.39 is 11.7 Å². The second kappa shape index (κ2) is 10.5. The van der Waals surface area contributed by atoms with Crippen LogP contribution in [0.25, 0.3) is 0 Å². The lowest BCUT2D eigenvalue weighted by Crippen LogP contribution is -2.08. The van der Waals surface area contributed by atoms with Crippen molar-refractivity contribution in [1.82, 2.24) is 15.0 Å². The molecule has 1 aromatic heterocycles. The van der Waals surface area contributed by atoms with Crippen molar-refractivity contribution in [2.45, 2.75) is 6.18 Å². The summed E-state index contributed by atoms with van der Waals surface area (Å²) in [6, 6.07) is 8.61. The SMILES string of the molecule is CNc1nc(N/N=C/c2cc(I)cc(I)c2OC)nc(Nc2cccc(C(F)(F)F)c2)n1. The summed E-state index contributed by atoms with van der Waals surface area (Å²) in [7, 11) is 3.18. The summed E-state index contributed by atoms with van der Waals surface area (Å²) in [4.78, 5) is 12.4. The number of anilines is 4. The fraction of sp³-hybridized carbons (Fsp3) is 0.158. The van der Waals surface area contributed by atoms with E-state index in [0.717, 1.165) is 24.8 Å². The molecule has 0 unspecified atom stereocenters. The molecule has 0 aliphatic rings. The maximum absolute atomic E-state index is 13.0. The first-order chi connectivity index (χ1) is 15.2. The molecule has 0 aliphatic carbocycles. The molecule has 0 radical (unpaired) electrons. The number of hydrogen-bond donors (Lipinski definition) is 3. The Morgan fingerprint density at radius 1 is 1.03 bits per heavy atom. The van der Waals surface area contributed by atoms with Gasteiger partial charge in [0.05, 0.1) is 22.5 Å². The molecule has 0 aliphatic heterocycles. The molecule has 0 spiro atoms. The van der Waals surface area contributed by atoms with E-state index >= 15 is 0 Å². The van der Waals surface area contributed by atoms with Crippen molar-refractivity contribution in [2.75, 3.05) is 30.2 Å². The van der Waals surface area contributed by atoms with Gasteiger partial charge in [-0.1, -0.05) is 6.07 Å². The molecular formula is C19H16F3I2N7O. The number of hydrogen-bond acceptors (Lipinski definition) is 8. The average molecular weight is 669 g/mol. The van der Waals surface area contributed by atoms with E-state index in [0.29, 0.717) is 5.75 Å². The largest absolute Gasteiger partial charge is 0.495 e. The Hall–Kier alpha value is -2.43. The zero-order valence-electron chi connectivity index (χ0n) is 16.6. The number of nitrogens with zero attached hydrogens (tertiary/aromatic N) is 4. The van der Waals surface area contributed by atoms with Crippen LogP contribution in [0.2, 0.25) is 0 Å². The van der Waals surface area contributed by atoms with Gasteiger partial charge in [0, 0.05) is 21.9 Å². The Morgan fingerprint density at radius 3 is 2.44 bits per heavy atom. The highest BCUT2D eigenvalue weighted by Crippen LogP contribution is 2.31. The Morgan fingerprint density at radius 2 is 1.75 bits per heavy atom. The van der Waals surface area contributed by atoms with Gasteiger partial charge in [-0.2, -0.15) is 33.2 Å². The van der Waals surface area contributed by atoms with Gasteiger partial charge < -0.3 is 15.4 Å². The molecule has 0 amide bonds. The third-order valence-electron chi connectivity index (χ3n) is 3.91. The van der Waals surface area contributed by atoms with Crippen LogP contribution in [-0.2, 0) is 6.18 Å². The minimum atomic E-state index is -4.46. The number of ether oxygens (including phenoxy) is 1. The molecule has 168 valence electrons. The maximum atomic E-state index is 13.0. The van der Waals surface area contributed by atoms with Gasteiger partial charge in [0.2, 0.25) is 17.8 Å². The third kappa shape index (κ3) is 6.30. The van der Waals surface area contributed by atoms with Crippen LogP contribution < -0.4 is 20.8 Å². The molecule has 13 heteroatoms. The molecule has 3 N–H and O–H groups in total. The van der Waals surface area contributed by atoms with Crippen LogP contribution in [0.1, 0.15) is 11.1 Å². The average Bonchev–Trinajstić information content (AvgIpc) is 2.73. The molecule has 0 atom stereocenters. The predicted molar refractivity (Wildman–Crippen MR) is 134 cm³/mol. The molecule has 0 saturated carbocycles. The lowest BCUT2D eigenvalue weighted by Gasteiger charge is -2.11. The molecule has 8 nitrogen and oxygen atoms in total.